The first-order chi connectivity index (χ1) is 18.8. The lowest BCUT2D eigenvalue weighted by atomic mass is 9.94. The molecule has 2 rings (SSSR count). The molecular weight excluding hydrogens is 518 g/mol. The Morgan fingerprint density at radius 2 is 1.60 bits per heavy atom. The van der Waals surface area contributed by atoms with Crippen molar-refractivity contribution < 1.29 is 33.9 Å². The second kappa shape index (κ2) is 15.0. The maximum Gasteiger partial charge on any atom is 0.405 e. The first-order valence-electron chi connectivity index (χ1n) is 13.5. The molecule has 0 bridgehead atoms. The molecule has 0 aromatic heterocycles. The van der Waals surface area contributed by atoms with Gasteiger partial charge < -0.3 is 31.7 Å². The summed E-state index contributed by atoms with van der Waals surface area (Å²) in [6.45, 7) is 9.37. The number of amides is 5. The van der Waals surface area contributed by atoms with Crippen LogP contribution in [-0.2, 0) is 30.4 Å². The van der Waals surface area contributed by atoms with Gasteiger partial charge in [-0.2, -0.15) is 0 Å². The number of carbonyl (C=O) groups excluding carboxylic acids is 5. The number of ketones is 1. The summed E-state index contributed by atoms with van der Waals surface area (Å²) in [6, 6.07) is 3.37. The van der Waals surface area contributed by atoms with Crippen LogP contribution in [-0.4, -0.2) is 71.3 Å². The smallest absolute Gasteiger partial charge is 0.405 e. The maximum atomic E-state index is 13.4. The van der Waals surface area contributed by atoms with Gasteiger partial charge in [-0.15, -0.1) is 0 Å². The number of aryl methyl sites for hydroxylation is 1. The summed E-state index contributed by atoms with van der Waals surface area (Å²) in [7, 11) is 0. The number of hydrogen-bond acceptors (Lipinski definition) is 6. The standard InChI is InChI=1S/C28H41N5O7/c1-15(2)11-21(32-26(37)22(33-28(39)40)13-18-8-6-7-17(5)12-18)25(36)31-20(14-19-9-10-29-24(19)35)23(34)27(38)30-16(3)4/h6-8,12,15-16,19-22,33H,9-11,13-14H2,1-5H3,(H,29,35)(H,30,38)(H,31,36)(H,32,37)(H,39,40)/t19-,20?,21?,22?/m0/s1. The molecule has 6 N–H and O–H groups in total. The van der Waals surface area contributed by atoms with Crippen LogP contribution in [0.5, 0.6) is 0 Å². The van der Waals surface area contributed by atoms with Crippen LogP contribution in [0.2, 0.25) is 0 Å². The van der Waals surface area contributed by atoms with E-state index in [4.69, 9.17) is 0 Å². The van der Waals surface area contributed by atoms with Gasteiger partial charge in [-0.3, -0.25) is 24.0 Å². The van der Waals surface area contributed by atoms with Crippen molar-refractivity contribution in [2.24, 2.45) is 11.8 Å². The fourth-order valence-corrected chi connectivity index (χ4v) is 4.56. The Balaban J connectivity index is 2.25. The zero-order chi connectivity index (χ0) is 30.0. The molecule has 12 nitrogen and oxygen atoms in total. The number of rotatable bonds is 14. The molecule has 1 heterocycles. The lowest BCUT2D eigenvalue weighted by molar-refractivity contribution is -0.141. The molecule has 4 atom stereocenters. The Bertz CT molecular complexity index is 1100. The monoisotopic (exact) mass is 559 g/mol. The SMILES string of the molecule is Cc1cccc(CC(NC(=O)O)C(=O)NC(CC(C)C)C(=O)NC(C[C@@H]2CCNC2=O)C(=O)C(=O)NC(C)C)c1. The number of hydrogen-bond donors (Lipinski definition) is 6. The molecule has 0 radical (unpaired) electrons. The Morgan fingerprint density at radius 1 is 0.950 bits per heavy atom. The molecule has 1 aromatic carbocycles. The molecule has 0 aliphatic carbocycles. The number of carboxylic acid groups (broad SMARTS) is 1. The normalized spacial score (nSPS) is 17.0. The summed E-state index contributed by atoms with van der Waals surface area (Å²) in [5.74, 6) is -4.06. The molecule has 1 aromatic rings. The van der Waals surface area contributed by atoms with Crippen LogP contribution in [0.1, 0.15) is 58.1 Å². The van der Waals surface area contributed by atoms with Crippen molar-refractivity contribution in [1.82, 2.24) is 26.6 Å². The first kappa shape index (κ1) is 32.3. The molecule has 1 aliphatic rings. The third-order valence-electron chi connectivity index (χ3n) is 6.44. The van der Waals surface area contributed by atoms with Crippen molar-refractivity contribution in [2.75, 3.05) is 6.54 Å². The van der Waals surface area contributed by atoms with Gasteiger partial charge >= 0.3 is 6.09 Å². The zero-order valence-electron chi connectivity index (χ0n) is 23.7. The minimum absolute atomic E-state index is 0.0577. The van der Waals surface area contributed by atoms with Crippen LogP contribution < -0.4 is 26.6 Å². The van der Waals surface area contributed by atoms with Crippen molar-refractivity contribution in [1.29, 1.82) is 0 Å². The van der Waals surface area contributed by atoms with Gasteiger partial charge in [0.15, 0.2) is 0 Å². The molecule has 0 saturated carbocycles. The summed E-state index contributed by atoms with van der Waals surface area (Å²) in [5, 5.41) is 21.9. The van der Waals surface area contributed by atoms with E-state index in [1.54, 1.807) is 26.0 Å². The quantitative estimate of drug-likeness (QED) is 0.182. The van der Waals surface area contributed by atoms with E-state index in [-0.39, 0.29) is 37.1 Å². The van der Waals surface area contributed by atoms with E-state index in [9.17, 15) is 33.9 Å². The highest BCUT2D eigenvalue weighted by Gasteiger charge is 2.36. The maximum absolute atomic E-state index is 13.4. The lowest BCUT2D eigenvalue weighted by Crippen LogP contribution is -2.57. The van der Waals surface area contributed by atoms with Crippen LogP contribution in [0, 0.1) is 18.8 Å². The lowest BCUT2D eigenvalue weighted by Gasteiger charge is -2.26. The predicted octanol–water partition coefficient (Wildman–Crippen LogP) is 0.809. The third-order valence-corrected chi connectivity index (χ3v) is 6.44. The number of nitrogens with one attached hydrogen (secondary N) is 5. The summed E-state index contributed by atoms with van der Waals surface area (Å²) in [5.41, 5.74) is 1.67. The fourth-order valence-electron chi connectivity index (χ4n) is 4.56. The molecule has 5 amide bonds. The van der Waals surface area contributed by atoms with Crippen LogP contribution in [0.3, 0.4) is 0 Å². The van der Waals surface area contributed by atoms with E-state index < -0.39 is 53.6 Å². The molecule has 1 saturated heterocycles. The second-order valence-corrected chi connectivity index (χ2v) is 11.0. The first-order valence-corrected chi connectivity index (χ1v) is 13.5. The van der Waals surface area contributed by atoms with E-state index in [1.807, 2.05) is 32.9 Å². The molecule has 12 heteroatoms. The second-order valence-electron chi connectivity index (χ2n) is 11.0. The van der Waals surface area contributed by atoms with Crippen LogP contribution in [0.15, 0.2) is 24.3 Å². The van der Waals surface area contributed by atoms with Gasteiger partial charge in [-0.05, 0) is 51.5 Å². The van der Waals surface area contributed by atoms with Gasteiger partial charge in [-0.1, -0.05) is 43.7 Å². The molecule has 0 spiro atoms. The Kier molecular flexibility index (Phi) is 12.1. The minimum Gasteiger partial charge on any atom is -0.465 e. The van der Waals surface area contributed by atoms with E-state index in [1.165, 1.54) is 0 Å². The van der Waals surface area contributed by atoms with Crippen LogP contribution in [0.4, 0.5) is 4.79 Å². The van der Waals surface area contributed by atoms with E-state index in [2.05, 4.69) is 26.6 Å². The van der Waals surface area contributed by atoms with E-state index in [0.717, 1.165) is 11.1 Å². The third kappa shape index (κ3) is 10.3. The molecule has 1 aliphatic heterocycles. The number of carbonyl (C=O) groups is 6. The van der Waals surface area contributed by atoms with E-state index in [0.29, 0.717) is 13.0 Å². The topological polar surface area (TPSA) is 183 Å². The van der Waals surface area contributed by atoms with Gasteiger partial charge in [0.25, 0.3) is 5.91 Å². The largest absolute Gasteiger partial charge is 0.465 e. The molecule has 40 heavy (non-hydrogen) atoms. The number of benzene rings is 1. The van der Waals surface area contributed by atoms with Crippen molar-refractivity contribution >= 4 is 35.5 Å². The fraction of sp³-hybridized carbons (Fsp3) is 0.571. The summed E-state index contributed by atoms with van der Waals surface area (Å²) < 4.78 is 0. The minimum atomic E-state index is -1.39. The van der Waals surface area contributed by atoms with Crippen molar-refractivity contribution in [2.45, 2.75) is 84.5 Å². The number of Topliss-reactive ketones (excluding diaryl/α,β-unsaturated/α-hetero) is 1. The van der Waals surface area contributed by atoms with Gasteiger partial charge in [0.1, 0.15) is 12.1 Å². The Morgan fingerprint density at radius 3 is 2.15 bits per heavy atom. The van der Waals surface area contributed by atoms with Crippen molar-refractivity contribution in [3.63, 3.8) is 0 Å². The average molecular weight is 560 g/mol. The summed E-state index contributed by atoms with van der Waals surface area (Å²) in [6.07, 6.45) is -0.762. The summed E-state index contributed by atoms with van der Waals surface area (Å²) >= 11 is 0. The highest BCUT2D eigenvalue weighted by molar-refractivity contribution is 6.38. The Hall–Kier alpha value is -3.96. The zero-order valence-corrected chi connectivity index (χ0v) is 23.7. The predicted molar refractivity (Wildman–Crippen MR) is 147 cm³/mol. The van der Waals surface area contributed by atoms with Gasteiger partial charge in [0.2, 0.25) is 23.5 Å². The van der Waals surface area contributed by atoms with Crippen LogP contribution in [0.25, 0.3) is 0 Å². The average Bonchev–Trinajstić information content (AvgIpc) is 3.25. The van der Waals surface area contributed by atoms with Crippen molar-refractivity contribution in [3.8, 4) is 0 Å². The van der Waals surface area contributed by atoms with E-state index >= 15 is 0 Å². The molecule has 3 unspecified atom stereocenters. The molecule has 220 valence electrons. The highest BCUT2D eigenvalue weighted by Crippen LogP contribution is 2.18. The highest BCUT2D eigenvalue weighted by atomic mass is 16.4. The van der Waals surface area contributed by atoms with Gasteiger partial charge in [-0.25, -0.2) is 4.79 Å². The summed E-state index contributed by atoms with van der Waals surface area (Å²) in [4.78, 5) is 75.8. The molecule has 1 fully saturated rings. The van der Waals surface area contributed by atoms with Crippen molar-refractivity contribution in [3.05, 3.63) is 35.4 Å². The molecular formula is C28H41N5O7. The Labute approximate surface area is 234 Å². The van der Waals surface area contributed by atoms with Gasteiger partial charge in [0.05, 0.1) is 6.04 Å². The van der Waals surface area contributed by atoms with Crippen LogP contribution >= 0.6 is 0 Å². The van der Waals surface area contributed by atoms with Gasteiger partial charge in [0, 0.05) is 24.9 Å².